The maximum Gasteiger partial charge on any atom is 0.260 e. The van der Waals surface area contributed by atoms with E-state index in [4.69, 9.17) is 9.47 Å². The molecule has 1 aromatic carbocycles. The van der Waals surface area contributed by atoms with Gasteiger partial charge in [0.1, 0.15) is 17.8 Å². The molecule has 0 radical (unpaired) electrons. The first-order valence-electron chi connectivity index (χ1n) is 5.18. The quantitative estimate of drug-likeness (QED) is 0.895. The Bertz CT molecular complexity index is 537. The van der Waals surface area contributed by atoms with Gasteiger partial charge < -0.3 is 19.3 Å². The second kappa shape index (κ2) is 5.22. The third-order valence-electron chi connectivity index (χ3n) is 2.33. The van der Waals surface area contributed by atoms with Crippen molar-refractivity contribution < 1.29 is 18.8 Å². The molecule has 2 aromatic rings. The minimum absolute atomic E-state index is 0.330. The van der Waals surface area contributed by atoms with E-state index in [1.807, 2.05) is 0 Å². The minimum Gasteiger partial charge on any atom is -0.497 e. The lowest BCUT2D eigenvalue weighted by Gasteiger charge is -2.09. The molecule has 94 valence electrons. The minimum atomic E-state index is -0.330. The van der Waals surface area contributed by atoms with Gasteiger partial charge in [-0.1, -0.05) is 5.16 Å². The normalized spacial score (nSPS) is 9.89. The van der Waals surface area contributed by atoms with Crippen molar-refractivity contribution in [2.75, 3.05) is 19.5 Å². The number of benzene rings is 1. The van der Waals surface area contributed by atoms with Gasteiger partial charge in [0.2, 0.25) is 0 Å². The van der Waals surface area contributed by atoms with Crippen molar-refractivity contribution >= 4 is 11.7 Å². The van der Waals surface area contributed by atoms with Crippen LogP contribution in [0.5, 0.6) is 11.5 Å². The number of carbonyl (C=O) groups excluding carboxylic acids is 1. The molecule has 0 saturated heterocycles. The van der Waals surface area contributed by atoms with Gasteiger partial charge >= 0.3 is 0 Å². The van der Waals surface area contributed by atoms with Crippen LogP contribution in [0.3, 0.4) is 0 Å². The molecule has 1 amide bonds. The van der Waals surface area contributed by atoms with E-state index in [2.05, 4.69) is 15.0 Å². The number of ether oxygens (including phenoxy) is 2. The summed E-state index contributed by atoms with van der Waals surface area (Å²) in [7, 11) is 3.03. The molecule has 0 fully saturated rings. The van der Waals surface area contributed by atoms with Crippen molar-refractivity contribution in [1.29, 1.82) is 0 Å². The van der Waals surface area contributed by atoms with Crippen LogP contribution in [0.2, 0.25) is 0 Å². The summed E-state index contributed by atoms with van der Waals surface area (Å²) in [5.41, 5.74) is 0.390. The SMILES string of the molecule is COc1ccc(C(=O)Nc2ccon2)c(OC)c1. The lowest BCUT2D eigenvalue weighted by molar-refractivity contribution is 0.102. The Morgan fingerprint density at radius 3 is 2.72 bits per heavy atom. The summed E-state index contributed by atoms with van der Waals surface area (Å²) >= 11 is 0. The lowest BCUT2D eigenvalue weighted by atomic mass is 10.1. The molecule has 1 heterocycles. The van der Waals surface area contributed by atoms with Gasteiger partial charge in [0, 0.05) is 12.1 Å². The van der Waals surface area contributed by atoms with Crippen LogP contribution in [0.1, 0.15) is 10.4 Å². The van der Waals surface area contributed by atoms with Crippen molar-refractivity contribution in [2.24, 2.45) is 0 Å². The fourth-order valence-electron chi connectivity index (χ4n) is 1.45. The van der Waals surface area contributed by atoms with Crippen molar-refractivity contribution in [3.05, 3.63) is 36.1 Å². The number of nitrogens with one attached hydrogen (secondary N) is 1. The van der Waals surface area contributed by atoms with E-state index in [1.165, 1.54) is 13.4 Å². The Balaban J connectivity index is 2.24. The molecule has 0 bridgehead atoms. The number of methoxy groups -OCH3 is 2. The predicted molar refractivity (Wildman–Crippen MR) is 64.0 cm³/mol. The van der Waals surface area contributed by atoms with E-state index in [9.17, 15) is 4.79 Å². The number of rotatable bonds is 4. The van der Waals surface area contributed by atoms with Gasteiger partial charge in [-0.25, -0.2) is 0 Å². The Hall–Kier alpha value is -2.50. The monoisotopic (exact) mass is 248 g/mol. The van der Waals surface area contributed by atoms with Crippen molar-refractivity contribution in [3.8, 4) is 11.5 Å². The number of nitrogens with zero attached hydrogens (tertiary/aromatic N) is 1. The second-order valence-corrected chi connectivity index (χ2v) is 3.41. The lowest BCUT2D eigenvalue weighted by Crippen LogP contribution is -2.13. The fraction of sp³-hybridized carbons (Fsp3) is 0.167. The van der Waals surface area contributed by atoms with E-state index >= 15 is 0 Å². The van der Waals surface area contributed by atoms with Crippen LogP contribution in [0.25, 0.3) is 0 Å². The smallest absolute Gasteiger partial charge is 0.260 e. The fourth-order valence-corrected chi connectivity index (χ4v) is 1.45. The Morgan fingerprint density at radius 2 is 2.11 bits per heavy atom. The summed E-state index contributed by atoms with van der Waals surface area (Å²) in [6, 6.07) is 6.49. The summed E-state index contributed by atoms with van der Waals surface area (Å²) in [4.78, 5) is 12.0. The molecule has 1 N–H and O–H groups in total. The van der Waals surface area contributed by atoms with Crippen molar-refractivity contribution in [3.63, 3.8) is 0 Å². The van der Waals surface area contributed by atoms with Crippen LogP contribution in [0.15, 0.2) is 35.1 Å². The predicted octanol–water partition coefficient (Wildman–Crippen LogP) is 1.94. The average Bonchev–Trinajstić information content (AvgIpc) is 2.90. The van der Waals surface area contributed by atoms with Crippen LogP contribution in [-0.2, 0) is 0 Å². The van der Waals surface area contributed by atoms with Gasteiger partial charge in [-0.2, -0.15) is 0 Å². The van der Waals surface area contributed by atoms with Gasteiger partial charge in [-0.05, 0) is 12.1 Å². The Kier molecular flexibility index (Phi) is 3.47. The summed E-state index contributed by atoms with van der Waals surface area (Å²) in [5, 5.41) is 6.18. The molecular formula is C12H12N2O4. The van der Waals surface area contributed by atoms with Crippen LogP contribution in [0, 0.1) is 0 Å². The molecule has 1 aromatic heterocycles. The Morgan fingerprint density at radius 1 is 1.28 bits per heavy atom. The number of anilines is 1. The first-order valence-corrected chi connectivity index (χ1v) is 5.18. The van der Waals surface area contributed by atoms with E-state index in [1.54, 1.807) is 31.4 Å². The summed E-state index contributed by atoms with van der Waals surface area (Å²) in [6.45, 7) is 0. The molecule has 0 atom stereocenters. The highest BCUT2D eigenvalue weighted by molar-refractivity contribution is 6.05. The molecule has 0 aliphatic carbocycles. The molecule has 0 saturated carbocycles. The summed E-state index contributed by atoms with van der Waals surface area (Å²) in [5.74, 6) is 1.06. The molecule has 2 rings (SSSR count). The third-order valence-corrected chi connectivity index (χ3v) is 2.33. The molecule has 0 aliphatic rings. The molecule has 18 heavy (non-hydrogen) atoms. The van der Waals surface area contributed by atoms with Gasteiger partial charge in [-0.15, -0.1) is 0 Å². The maximum atomic E-state index is 12.0. The van der Waals surface area contributed by atoms with E-state index in [0.717, 1.165) is 0 Å². The molecule has 6 nitrogen and oxygen atoms in total. The highest BCUT2D eigenvalue weighted by Gasteiger charge is 2.14. The average molecular weight is 248 g/mol. The van der Waals surface area contributed by atoms with Crippen LogP contribution >= 0.6 is 0 Å². The standard InChI is InChI=1S/C12H12N2O4/c1-16-8-3-4-9(10(7-8)17-2)12(15)13-11-5-6-18-14-11/h3-7H,1-2H3,(H,13,14,15). The van der Waals surface area contributed by atoms with Gasteiger partial charge in [0.25, 0.3) is 5.91 Å². The van der Waals surface area contributed by atoms with Gasteiger partial charge in [0.15, 0.2) is 5.82 Å². The molecule has 6 heteroatoms. The summed E-state index contributed by atoms with van der Waals surface area (Å²) < 4.78 is 14.8. The number of hydrogen-bond donors (Lipinski definition) is 1. The van der Waals surface area contributed by atoms with Crippen LogP contribution in [0.4, 0.5) is 5.82 Å². The number of aromatic nitrogens is 1. The zero-order chi connectivity index (χ0) is 13.0. The van der Waals surface area contributed by atoms with E-state index in [-0.39, 0.29) is 5.91 Å². The van der Waals surface area contributed by atoms with E-state index < -0.39 is 0 Å². The van der Waals surface area contributed by atoms with Crippen molar-refractivity contribution in [2.45, 2.75) is 0 Å². The number of carbonyl (C=O) groups is 1. The molecule has 0 unspecified atom stereocenters. The molecule has 0 aliphatic heterocycles. The summed E-state index contributed by atoms with van der Waals surface area (Å²) in [6.07, 6.45) is 1.38. The molecule has 0 spiro atoms. The first-order chi connectivity index (χ1) is 8.74. The van der Waals surface area contributed by atoms with Crippen LogP contribution in [-0.4, -0.2) is 25.3 Å². The van der Waals surface area contributed by atoms with Crippen molar-refractivity contribution in [1.82, 2.24) is 5.16 Å². The second-order valence-electron chi connectivity index (χ2n) is 3.41. The number of hydrogen-bond acceptors (Lipinski definition) is 5. The van der Waals surface area contributed by atoms with E-state index in [0.29, 0.717) is 22.9 Å². The third kappa shape index (κ3) is 2.42. The van der Waals surface area contributed by atoms with Crippen LogP contribution < -0.4 is 14.8 Å². The Labute approximate surface area is 103 Å². The molecular weight excluding hydrogens is 236 g/mol. The first kappa shape index (κ1) is 12.0. The topological polar surface area (TPSA) is 73.6 Å². The largest absolute Gasteiger partial charge is 0.497 e. The number of amides is 1. The maximum absolute atomic E-state index is 12.0. The zero-order valence-electron chi connectivity index (χ0n) is 9.97. The van der Waals surface area contributed by atoms with Gasteiger partial charge in [-0.3, -0.25) is 4.79 Å². The van der Waals surface area contributed by atoms with Gasteiger partial charge in [0.05, 0.1) is 19.8 Å². The highest BCUT2D eigenvalue weighted by atomic mass is 16.5. The highest BCUT2D eigenvalue weighted by Crippen LogP contribution is 2.25. The zero-order valence-corrected chi connectivity index (χ0v) is 9.97.